The van der Waals surface area contributed by atoms with Crippen LogP contribution in [0.2, 0.25) is 0 Å². The highest BCUT2D eigenvalue weighted by Crippen LogP contribution is 2.51. The summed E-state index contributed by atoms with van der Waals surface area (Å²) >= 11 is 0. The number of benzene rings is 16. The van der Waals surface area contributed by atoms with Gasteiger partial charge in [-0.3, -0.25) is 0 Å². The Morgan fingerprint density at radius 2 is 0.565 bits per heavy atom. The Kier molecular flexibility index (Phi) is 13.3. The third-order valence-electron chi connectivity index (χ3n) is 19.5. The fraction of sp³-hybridized carbons (Fsp3) is 0.0667. The first kappa shape index (κ1) is 54.8. The van der Waals surface area contributed by atoms with E-state index in [9.17, 15) is 0 Å². The zero-order valence-corrected chi connectivity index (χ0v) is 52.2. The van der Waals surface area contributed by atoms with Gasteiger partial charge in [0.25, 0.3) is 0 Å². The molecule has 0 bridgehead atoms. The van der Waals surface area contributed by atoms with Crippen molar-refractivity contribution in [3.05, 3.63) is 330 Å². The van der Waals surface area contributed by atoms with Crippen LogP contribution in [0.25, 0.3) is 126 Å². The summed E-state index contributed by atoms with van der Waals surface area (Å²) in [7, 11) is 0. The van der Waals surface area contributed by atoms with Gasteiger partial charge in [-0.2, -0.15) is 0 Å². The average Bonchev–Trinajstić information content (AvgIpc) is 0.800. The summed E-state index contributed by atoms with van der Waals surface area (Å²) in [6.45, 7) is 8.60. The van der Waals surface area contributed by atoms with Crippen LogP contribution in [0.15, 0.2) is 297 Å². The molecule has 0 aromatic heterocycles. The molecule has 436 valence electrons. The fourth-order valence-corrected chi connectivity index (χ4v) is 15.1. The van der Waals surface area contributed by atoms with E-state index < -0.39 is 0 Å². The molecule has 0 amide bonds. The fourth-order valence-electron chi connectivity index (χ4n) is 15.1. The second kappa shape index (κ2) is 22.3. The highest BCUT2D eigenvalue weighted by atomic mass is 15.1. The van der Waals surface area contributed by atoms with Crippen LogP contribution in [-0.4, -0.2) is 0 Å². The lowest BCUT2D eigenvalue weighted by atomic mass is 9.81. The van der Waals surface area contributed by atoms with Gasteiger partial charge in [0.05, 0.1) is 0 Å². The molecule has 17 rings (SSSR count). The molecule has 1 aliphatic carbocycles. The summed E-state index contributed by atoms with van der Waals surface area (Å²) < 4.78 is 0. The highest BCUT2D eigenvalue weighted by Gasteiger charge is 2.24. The summed E-state index contributed by atoms with van der Waals surface area (Å²) in [6, 6.07) is 112. The highest BCUT2D eigenvalue weighted by molar-refractivity contribution is 6.25. The molecule has 16 aromatic carbocycles. The van der Waals surface area contributed by atoms with Gasteiger partial charge >= 0.3 is 0 Å². The third-order valence-corrected chi connectivity index (χ3v) is 19.5. The van der Waals surface area contributed by atoms with E-state index in [4.69, 9.17) is 0 Å². The number of hydrogen-bond donors (Lipinski definition) is 0. The number of fused-ring (bicyclic) bond motifs is 4. The van der Waals surface area contributed by atoms with Crippen molar-refractivity contribution in [1.29, 1.82) is 0 Å². The van der Waals surface area contributed by atoms with Crippen LogP contribution in [0.1, 0.15) is 34.2 Å². The lowest BCUT2D eigenvalue weighted by Gasteiger charge is -2.26. The summed E-state index contributed by atoms with van der Waals surface area (Å²) in [6.07, 6.45) is 4.56. The quantitative estimate of drug-likeness (QED) is 0.119. The molecular weight excluding hydrogens is 1110 g/mol. The van der Waals surface area contributed by atoms with Gasteiger partial charge in [0.2, 0.25) is 0 Å². The topological polar surface area (TPSA) is 6.48 Å². The zero-order chi connectivity index (χ0) is 61.6. The van der Waals surface area contributed by atoms with Crippen LogP contribution in [0, 0.1) is 27.7 Å². The van der Waals surface area contributed by atoms with E-state index in [1.807, 2.05) is 0 Å². The van der Waals surface area contributed by atoms with E-state index in [2.05, 4.69) is 341 Å². The van der Waals surface area contributed by atoms with Gasteiger partial charge in [-0.25, -0.2) is 0 Å². The molecule has 2 heteroatoms. The Hall–Kier alpha value is -11.3. The van der Waals surface area contributed by atoms with Crippen LogP contribution in [0.5, 0.6) is 0 Å². The second-order valence-corrected chi connectivity index (χ2v) is 25.3. The zero-order valence-electron chi connectivity index (χ0n) is 52.2. The standard InChI is InChI=1S/C90H66N2/c1-57-24-40-69(41-25-57)91(70-42-26-58(2)27-43-70)73-48-34-63(35-49-73)86-76-16-5-9-20-80(76)88(81-21-10-6-17-77(81)86)67-54-66(75-52-38-65-33-32-61-14-13-15-62-39-53-84(75)90(65)85(61)62)55-68(56-67)89-82-22-11-7-18-78(82)87(79-19-8-12-23-83(79)89)64-36-50-74(51-37-64)92(71-44-28-59(3)29-45-71)72-46-30-60(4)31-47-72/h5-12,15-56H,13-14H2,1-4H3. The molecule has 0 radical (unpaired) electrons. The van der Waals surface area contributed by atoms with Crippen LogP contribution < -0.4 is 15.0 Å². The molecular formula is C90H66N2. The van der Waals surface area contributed by atoms with E-state index in [0.717, 1.165) is 47.0 Å². The molecule has 0 spiro atoms. The molecule has 2 nitrogen and oxygen atoms in total. The largest absolute Gasteiger partial charge is 0.311 e. The van der Waals surface area contributed by atoms with Gasteiger partial charge in [0.15, 0.2) is 0 Å². The smallest absolute Gasteiger partial charge is 0.0462 e. The van der Waals surface area contributed by atoms with Crippen LogP contribution in [0.4, 0.5) is 34.1 Å². The first-order valence-electron chi connectivity index (χ1n) is 32.3. The van der Waals surface area contributed by atoms with Crippen molar-refractivity contribution in [3.63, 3.8) is 0 Å². The molecule has 0 saturated heterocycles. The van der Waals surface area contributed by atoms with Gasteiger partial charge in [-0.05, 0) is 263 Å². The first-order chi connectivity index (χ1) is 45.3. The molecule has 92 heavy (non-hydrogen) atoms. The van der Waals surface area contributed by atoms with E-state index in [1.54, 1.807) is 0 Å². The molecule has 0 aliphatic heterocycles. The van der Waals surface area contributed by atoms with Crippen molar-refractivity contribution in [2.45, 2.75) is 40.5 Å². The van der Waals surface area contributed by atoms with Crippen LogP contribution >= 0.6 is 0 Å². The summed E-state index contributed by atoms with van der Waals surface area (Å²) in [5, 5.41) is 16.4. The van der Waals surface area contributed by atoms with Crippen LogP contribution in [-0.2, 0) is 6.42 Å². The van der Waals surface area contributed by atoms with Gasteiger partial charge in [-0.1, -0.05) is 235 Å². The molecule has 0 N–H and O–H groups in total. The molecule has 0 heterocycles. The first-order valence-corrected chi connectivity index (χ1v) is 32.3. The van der Waals surface area contributed by atoms with Gasteiger partial charge in [0.1, 0.15) is 0 Å². The van der Waals surface area contributed by atoms with Crippen molar-refractivity contribution >= 4 is 105 Å². The van der Waals surface area contributed by atoms with E-state index in [0.29, 0.717) is 0 Å². The Morgan fingerprint density at radius 3 is 0.924 bits per heavy atom. The normalized spacial score (nSPS) is 12.1. The molecule has 1 aliphatic rings. The average molecular weight is 1180 g/mol. The minimum absolute atomic E-state index is 1.06. The minimum Gasteiger partial charge on any atom is -0.311 e. The lowest BCUT2D eigenvalue weighted by Crippen LogP contribution is -2.10. The molecule has 0 unspecified atom stereocenters. The van der Waals surface area contributed by atoms with Crippen molar-refractivity contribution in [2.75, 3.05) is 9.80 Å². The number of hydrogen-bond acceptors (Lipinski definition) is 2. The van der Waals surface area contributed by atoms with Crippen molar-refractivity contribution in [1.82, 2.24) is 0 Å². The number of rotatable bonds is 11. The van der Waals surface area contributed by atoms with Gasteiger partial charge in [-0.15, -0.1) is 0 Å². The van der Waals surface area contributed by atoms with Gasteiger partial charge in [0, 0.05) is 34.1 Å². The van der Waals surface area contributed by atoms with Crippen molar-refractivity contribution in [2.24, 2.45) is 0 Å². The second-order valence-electron chi connectivity index (χ2n) is 25.3. The number of aryl methyl sites for hydroxylation is 5. The summed E-state index contributed by atoms with van der Waals surface area (Å²) in [4.78, 5) is 4.72. The third kappa shape index (κ3) is 9.32. The van der Waals surface area contributed by atoms with Crippen LogP contribution in [0.3, 0.4) is 0 Å². The van der Waals surface area contributed by atoms with Crippen molar-refractivity contribution < 1.29 is 0 Å². The molecule has 0 saturated carbocycles. The SMILES string of the molecule is Cc1ccc(N(c2ccc(C)cc2)c2ccc(-c3c4ccccc4c(-c4cc(-c5c6ccccc6c(-c6ccc(N(c7ccc(C)cc7)c7ccc(C)cc7)cc6)c6ccccc56)cc(-c5ccc6ccc7c8c(ccc5c68)=CCC7)c4)c4ccccc34)cc2)cc1. The minimum atomic E-state index is 1.06. The Bertz CT molecular complexity index is 5140. The Balaban J connectivity index is 0.878. The Labute approximate surface area is 537 Å². The monoisotopic (exact) mass is 1170 g/mol. The predicted octanol–water partition coefficient (Wildman–Crippen LogP) is 24.6. The maximum atomic E-state index is 2.51. The van der Waals surface area contributed by atoms with E-state index >= 15 is 0 Å². The number of nitrogens with zero attached hydrogens (tertiary/aromatic N) is 2. The maximum Gasteiger partial charge on any atom is 0.0462 e. The summed E-state index contributed by atoms with van der Waals surface area (Å²) in [5.41, 5.74) is 25.2. The molecule has 0 atom stereocenters. The maximum absolute atomic E-state index is 2.51. The predicted molar refractivity (Wildman–Crippen MR) is 395 cm³/mol. The Morgan fingerprint density at radius 1 is 0.250 bits per heavy atom. The van der Waals surface area contributed by atoms with E-state index in [-0.39, 0.29) is 0 Å². The number of anilines is 6. The van der Waals surface area contributed by atoms with E-state index in [1.165, 1.54) is 153 Å². The lowest BCUT2D eigenvalue weighted by molar-refractivity contribution is 1.04. The van der Waals surface area contributed by atoms with Gasteiger partial charge < -0.3 is 9.80 Å². The summed E-state index contributed by atoms with van der Waals surface area (Å²) in [5.74, 6) is 0. The molecule has 0 fully saturated rings. The molecule has 16 aromatic rings. The van der Waals surface area contributed by atoms with Crippen molar-refractivity contribution in [3.8, 4) is 55.6 Å².